The van der Waals surface area contributed by atoms with Crippen LogP contribution in [0.3, 0.4) is 0 Å². The van der Waals surface area contributed by atoms with Crippen LogP contribution in [-0.2, 0) is 4.79 Å². The Bertz CT molecular complexity index is 99.4. The summed E-state index contributed by atoms with van der Waals surface area (Å²) in [6.07, 6.45) is 8.61. The fourth-order valence-electron chi connectivity index (χ4n) is 0.685. The minimum Gasteiger partial charge on any atom is -0.299 e. The van der Waals surface area contributed by atoms with E-state index in [9.17, 15) is 4.79 Å². The molecule has 1 nitrogen and oxygen atoms in total. The summed E-state index contributed by atoms with van der Waals surface area (Å²) in [5, 5.41) is 0. The zero-order valence-corrected chi connectivity index (χ0v) is 6.81. The van der Waals surface area contributed by atoms with Crippen molar-refractivity contribution in [1.82, 2.24) is 0 Å². The number of halogens is 1. The predicted octanol–water partition coefficient (Wildman–Crippen LogP) is 2.54. The van der Waals surface area contributed by atoms with E-state index < -0.39 is 0 Å². The highest BCUT2D eigenvalue weighted by atomic mass is 35.5. The molecule has 0 aliphatic heterocycles. The van der Waals surface area contributed by atoms with Gasteiger partial charge in [-0.2, -0.15) is 0 Å². The Kier molecular flexibility index (Phi) is 8.44. The van der Waals surface area contributed by atoms with Crippen LogP contribution in [0, 0.1) is 0 Å². The van der Waals surface area contributed by atoms with Gasteiger partial charge in [-0.15, -0.1) is 11.6 Å². The zero-order valence-electron chi connectivity index (χ0n) is 6.05. The van der Waals surface area contributed by atoms with Crippen LogP contribution < -0.4 is 0 Å². The molecule has 0 aromatic rings. The third-order valence-corrected chi connectivity index (χ3v) is 1.49. The van der Waals surface area contributed by atoms with E-state index in [0.717, 1.165) is 37.8 Å². The van der Waals surface area contributed by atoms with Crippen molar-refractivity contribution in [3.8, 4) is 0 Å². The topological polar surface area (TPSA) is 17.1 Å². The summed E-state index contributed by atoms with van der Waals surface area (Å²) in [5.74, 6) is 0.747. The maximum atomic E-state index is 9.79. The smallest absolute Gasteiger partial charge is 0.142 e. The Hall–Kier alpha value is -0.300. The molecule has 0 saturated heterocycles. The van der Waals surface area contributed by atoms with E-state index in [0.29, 0.717) is 0 Å². The summed E-state index contributed by atoms with van der Waals surface area (Å²) in [7, 11) is 0. The van der Waals surface area contributed by atoms with Gasteiger partial charge in [0.25, 0.3) is 0 Å². The molecule has 0 rings (SSSR count). The Morgan fingerprint density at radius 3 is 2.60 bits per heavy atom. The van der Waals surface area contributed by atoms with Crippen molar-refractivity contribution in [1.29, 1.82) is 0 Å². The summed E-state index contributed by atoms with van der Waals surface area (Å²) >= 11 is 5.47. The molecule has 0 fully saturated rings. The Labute approximate surface area is 67.1 Å². The van der Waals surface area contributed by atoms with Crippen LogP contribution in [0.5, 0.6) is 0 Å². The lowest BCUT2D eigenvalue weighted by molar-refractivity contribution is -0.104. The summed E-state index contributed by atoms with van der Waals surface area (Å²) in [4.78, 5) is 9.79. The van der Waals surface area contributed by atoms with Crippen LogP contribution in [0.15, 0.2) is 12.2 Å². The molecule has 0 aliphatic carbocycles. The highest BCUT2D eigenvalue weighted by Crippen LogP contribution is 2.00. The van der Waals surface area contributed by atoms with Gasteiger partial charge in [-0.1, -0.05) is 12.5 Å². The van der Waals surface area contributed by atoms with Gasteiger partial charge in [0.05, 0.1) is 0 Å². The van der Waals surface area contributed by atoms with Gasteiger partial charge >= 0.3 is 0 Å². The van der Waals surface area contributed by atoms with Crippen LogP contribution in [0.2, 0.25) is 0 Å². The van der Waals surface area contributed by atoms with Gasteiger partial charge in [-0.05, 0) is 25.3 Å². The first-order chi connectivity index (χ1) is 4.91. The number of rotatable bonds is 6. The number of unbranched alkanes of at least 4 members (excludes halogenated alkanes) is 3. The van der Waals surface area contributed by atoms with Crippen LogP contribution in [0.25, 0.3) is 0 Å². The van der Waals surface area contributed by atoms with Crippen molar-refractivity contribution in [3.63, 3.8) is 0 Å². The van der Waals surface area contributed by atoms with Gasteiger partial charge in [0.1, 0.15) is 6.29 Å². The van der Waals surface area contributed by atoms with Crippen molar-refractivity contribution in [2.24, 2.45) is 0 Å². The van der Waals surface area contributed by atoms with Crippen molar-refractivity contribution in [2.75, 3.05) is 5.88 Å². The molecule has 0 amide bonds. The fourth-order valence-corrected chi connectivity index (χ4v) is 0.874. The number of carbonyl (C=O) groups is 1. The quantitative estimate of drug-likeness (QED) is 0.253. The maximum Gasteiger partial charge on any atom is 0.142 e. The molecule has 58 valence electrons. The molecule has 0 saturated carbocycles. The average Bonchev–Trinajstić information content (AvgIpc) is 1.97. The SMILES string of the molecule is O=CC=CCCCCCCl. The van der Waals surface area contributed by atoms with E-state index in [2.05, 4.69) is 0 Å². The van der Waals surface area contributed by atoms with Crippen LogP contribution in [-0.4, -0.2) is 12.2 Å². The molecular formula is C8H13ClO. The Balaban J connectivity index is 2.90. The molecular weight excluding hydrogens is 148 g/mol. The number of hydrogen-bond donors (Lipinski definition) is 0. The van der Waals surface area contributed by atoms with Crippen molar-refractivity contribution < 1.29 is 4.79 Å². The first-order valence-electron chi connectivity index (χ1n) is 3.58. The third-order valence-electron chi connectivity index (χ3n) is 1.22. The number of aldehydes is 1. The lowest BCUT2D eigenvalue weighted by atomic mass is 10.2. The lowest BCUT2D eigenvalue weighted by Gasteiger charge is -1.91. The molecule has 0 heterocycles. The van der Waals surface area contributed by atoms with Gasteiger partial charge in [-0.3, -0.25) is 4.79 Å². The van der Waals surface area contributed by atoms with Crippen LogP contribution in [0.4, 0.5) is 0 Å². The standard InChI is InChI=1S/C8H13ClO/c9-7-5-3-1-2-4-6-8-10/h4,6,8H,1-3,5,7H2. The molecule has 10 heavy (non-hydrogen) atoms. The van der Waals surface area contributed by atoms with Gasteiger partial charge in [0.15, 0.2) is 0 Å². The average molecular weight is 161 g/mol. The molecule has 0 radical (unpaired) electrons. The first-order valence-corrected chi connectivity index (χ1v) is 4.11. The fraction of sp³-hybridized carbons (Fsp3) is 0.625. The molecule has 0 spiro atoms. The Morgan fingerprint density at radius 2 is 2.00 bits per heavy atom. The van der Waals surface area contributed by atoms with Gasteiger partial charge in [0.2, 0.25) is 0 Å². The molecule has 0 atom stereocenters. The zero-order chi connectivity index (χ0) is 7.66. The van der Waals surface area contributed by atoms with Gasteiger partial charge in [0, 0.05) is 5.88 Å². The Morgan fingerprint density at radius 1 is 1.20 bits per heavy atom. The molecule has 0 N–H and O–H groups in total. The maximum absolute atomic E-state index is 9.79. The van der Waals surface area contributed by atoms with E-state index >= 15 is 0 Å². The monoisotopic (exact) mass is 160 g/mol. The van der Waals surface area contributed by atoms with Gasteiger partial charge < -0.3 is 0 Å². The molecule has 0 unspecified atom stereocenters. The van der Waals surface area contributed by atoms with Crippen molar-refractivity contribution in [2.45, 2.75) is 25.7 Å². The van der Waals surface area contributed by atoms with E-state index in [1.54, 1.807) is 6.08 Å². The lowest BCUT2D eigenvalue weighted by Crippen LogP contribution is -1.76. The van der Waals surface area contributed by atoms with Crippen molar-refractivity contribution >= 4 is 17.9 Å². The second kappa shape index (κ2) is 8.70. The largest absolute Gasteiger partial charge is 0.299 e. The highest BCUT2D eigenvalue weighted by Gasteiger charge is 1.83. The van der Waals surface area contributed by atoms with Crippen LogP contribution in [0.1, 0.15) is 25.7 Å². The minimum absolute atomic E-state index is 0.747. The number of alkyl halides is 1. The molecule has 2 heteroatoms. The number of allylic oxidation sites excluding steroid dienone is 2. The van der Waals surface area contributed by atoms with E-state index in [1.165, 1.54) is 0 Å². The van der Waals surface area contributed by atoms with E-state index in [4.69, 9.17) is 11.6 Å². The second-order valence-electron chi connectivity index (χ2n) is 2.10. The predicted molar refractivity (Wildman–Crippen MR) is 44.4 cm³/mol. The normalized spacial score (nSPS) is 10.5. The summed E-state index contributed by atoms with van der Waals surface area (Å²) in [6, 6.07) is 0. The summed E-state index contributed by atoms with van der Waals surface area (Å²) in [6.45, 7) is 0. The van der Waals surface area contributed by atoms with Gasteiger partial charge in [-0.25, -0.2) is 0 Å². The number of carbonyl (C=O) groups excluding carboxylic acids is 1. The van der Waals surface area contributed by atoms with Crippen LogP contribution >= 0.6 is 11.6 Å². The second-order valence-corrected chi connectivity index (χ2v) is 2.48. The summed E-state index contributed by atoms with van der Waals surface area (Å²) in [5.41, 5.74) is 0. The van der Waals surface area contributed by atoms with E-state index in [-0.39, 0.29) is 0 Å². The number of hydrogen-bond acceptors (Lipinski definition) is 1. The molecule has 0 aliphatic rings. The summed E-state index contributed by atoms with van der Waals surface area (Å²) < 4.78 is 0. The molecule has 0 bridgehead atoms. The molecule has 0 aromatic carbocycles. The third kappa shape index (κ3) is 7.70. The van der Waals surface area contributed by atoms with E-state index in [1.807, 2.05) is 6.08 Å². The minimum atomic E-state index is 0.747. The van der Waals surface area contributed by atoms with Crippen molar-refractivity contribution in [3.05, 3.63) is 12.2 Å². The first kappa shape index (κ1) is 9.70. The molecule has 0 aromatic heterocycles. The highest BCUT2D eigenvalue weighted by molar-refractivity contribution is 6.17.